The summed E-state index contributed by atoms with van der Waals surface area (Å²) < 4.78 is 0. The van der Waals surface area contributed by atoms with E-state index >= 15 is 0 Å². The average molecular weight is 190 g/mol. The number of anilines is 1. The van der Waals surface area contributed by atoms with Crippen LogP contribution >= 0.6 is 0 Å². The van der Waals surface area contributed by atoms with Crippen molar-refractivity contribution in [3.8, 4) is 0 Å². The SMILES string of the molecule is C=C(CC)c1ccc(CN)c(NC)c1. The van der Waals surface area contributed by atoms with Crippen molar-refractivity contribution in [3.63, 3.8) is 0 Å². The second kappa shape index (κ2) is 4.82. The van der Waals surface area contributed by atoms with Gasteiger partial charge in [0, 0.05) is 19.3 Å². The molecule has 3 N–H and O–H groups in total. The van der Waals surface area contributed by atoms with Crippen LogP contribution in [0.1, 0.15) is 24.5 Å². The fourth-order valence-corrected chi connectivity index (χ4v) is 1.41. The monoisotopic (exact) mass is 190 g/mol. The van der Waals surface area contributed by atoms with E-state index in [9.17, 15) is 0 Å². The Balaban J connectivity index is 3.07. The Hall–Kier alpha value is -1.28. The molecule has 1 aromatic carbocycles. The molecule has 0 saturated heterocycles. The third-order valence-electron chi connectivity index (χ3n) is 2.43. The summed E-state index contributed by atoms with van der Waals surface area (Å²) in [6, 6.07) is 6.24. The molecule has 2 heteroatoms. The third-order valence-corrected chi connectivity index (χ3v) is 2.43. The van der Waals surface area contributed by atoms with Crippen LogP contribution in [0.2, 0.25) is 0 Å². The predicted molar refractivity (Wildman–Crippen MR) is 63.2 cm³/mol. The maximum Gasteiger partial charge on any atom is 0.0389 e. The lowest BCUT2D eigenvalue weighted by Crippen LogP contribution is -2.02. The summed E-state index contributed by atoms with van der Waals surface area (Å²) >= 11 is 0. The number of nitrogens with two attached hydrogens (primary N) is 1. The maximum atomic E-state index is 5.62. The number of hydrogen-bond donors (Lipinski definition) is 2. The van der Waals surface area contributed by atoms with Crippen LogP contribution in [0.5, 0.6) is 0 Å². The van der Waals surface area contributed by atoms with Gasteiger partial charge in [-0.05, 0) is 29.2 Å². The van der Waals surface area contributed by atoms with Crippen LogP contribution in [0.4, 0.5) is 5.69 Å². The summed E-state index contributed by atoms with van der Waals surface area (Å²) in [4.78, 5) is 0. The first-order valence-electron chi connectivity index (χ1n) is 4.91. The number of benzene rings is 1. The summed E-state index contributed by atoms with van der Waals surface area (Å²) in [7, 11) is 1.91. The molecule has 0 atom stereocenters. The molecule has 0 fully saturated rings. The Bertz CT molecular complexity index is 329. The molecular weight excluding hydrogens is 172 g/mol. The highest BCUT2D eigenvalue weighted by Crippen LogP contribution is 2.22. The van der Waals surface area contributed by atoms with Crippen molar-refractivity contribution in [2.75, 3.05) is 12.4 Å². The van der Waals surface area contributed by atoms with Gasteiger partial charge in [0.2, 0.25) is 0 Å². The van der Waals surface area contributed by atoms with E-state index in [2.05, 4.69) is 37.0 Å². The summed E-state index contributed by atoms with van der Waals surface area (Å²) in [6.45, 7) is 6.69. The number of hydrogen-bond acceptors (Lipinski definition) is 2. The lowest BCUT2D eigenvalue weighted by Gasteiger charge is -2.10. The minimum absolute atomic E-state index is 0.565. The zero-order valence-corrected chi connectivity index (χ0v) is 8.93. The van der Waals surface area contributed by atoms with Gasteiger partial charge < -0.3 is 11.1 Å². The normalized spacial score (nSPS) is 9.93. The van der Waals surface area contributed by atoms with Crippen molar-refractivity contribution in [2.45, 2.75) is 19.9 Å². The van der Waals surface area contributed by atoms with Gasteiger partial charge in [0.1, 0.15) is 0 Å². The molecule has 0 saturated carbocycles. The van der Waals surface area contributed by atoms with E-state index in [0.717, 1.165) is 23.2 Å². The largest absolute Gasteiger partial charge is 0.388 e. The second-order valence-corrected chi connectivity index (χ2v) is 3.28. The van der Waals surface area contributed by atoms with Gasteiger partial charge in [0.05, 0.1) is 0 Å². The molecule has 0 heterocycles. The van der Waals surface area contributed by atoms with E-state index in [1.54, 1.807) is 0 Å². The van der Waals surface area contributed by atoms with Gasteiger partial charge in [0.15, 0.2) is 0 Å². The smallest absolute Gasteiger partial charge is 0.0389 e. The maximum absolute atomic E-state index is 5.62. The van der Waals surface area contributed by atoms with Crippen LogP contribution < -0.4 is 11.1 Å². The number of rotatable bonds is 4. The summed E-state index contributed by atoms with van der Waals surface area (Å²) in [5.74, 6) is 0. The summed E-state index contributed by atoms with van der Waals surface area (Å²) in [6.07, 6.45) is 0.977. The molecule has 2 nitrogen and oxygen atoms in total. The third kappa shape index (κ3) is 2.15. The minimum atomic E-state index is 0.565. The minimum Gasteiger partial charge on any atom is -0.388 e. The van der Waals surface area contributed by atoms with Gasteiger partial charge in [-0.1, -0.05) is 25.6 Å². The van der Waals surface area contributed by atoms with Gasteiger partial charge in [0.25, 0.3) is 0 Å². The zero-order chi connectivity index (χ0) is 10.6. The van der Waals surface area contributed by atoms with Crippen molar-refractivity contribution in [1.82, 2.24) is 0 Å². The molecule has 1 rings (SSSR count). The highest BCUT2D eigenvalue weighted by Gasteiger charge is 2.02. The van der Waals surface area contributed by atoms with Crippen LogP contribution in [-0.2, 0) is 6.54 Å². The van der Waals surface area contributed by atoms with Crippen molar-refractivity contribution >= 4 is 11.3 Å². The Morgan fingerprint density at radius 2 is 2.21 bits per heavy atom. The van der Waals surface area contributed by atoms with Crippen LogP contribution in [0.3, 0.4) is 0 Å². The molecular formula is C12H18N2. The van der Waals surface area contributed by atoms with Gasteiger partial charge in [-0.15, -0.1) is 0 Å². The van der Waals surface area contributed by atoms with E-state index in [1.165, 1.54) is 5.56 Å². The number of nitrogens with one attached hydrogen (secondary N) is 1. The van der Waals surface area contributed by atoms with Crippen molar-refractivity contribution in [2.24, 2.45) is 5.73 Å². The van der Waals surface area contributed by atoms with Crippen molar-refractivity contribution in [3.05, 3.63) is 35.9 Å². The van der Waals surface area contributed by atoms with Crippen LogP contribution in [0.25, 0.3) is 5.57 Å². The van der Waals surface area contributed by atoms with E-state index in [1.807, 2.05) is 7.05 Å². The summed E-state index contributed by atoms with van der Waals surface area (Å²) in [5, 5.41) is 3.14. The first-order valence-corrected chi connectivity index (χ1v) is 4.91. The van der Waals surface area contributed by atoms with Crippen molar-refractivity contribution < 1.29 is 0 Å². The van der Waals surface area contributed by atoms with Crippen molar-refractivity contribution in [1.29, 1.82) is 0 Å². The Labute approximate surface area is 85.8 Å². The molecule has 0 aliphatic heterocycles. The molecule has 0 spiro atoms. The lowest BCUT2D eigenvalue weighted by atomic mass is 10.0. The standard InChI is InChI=1S/C12H18N2/c1-4-9(2)10-5-6-11(8-13)12(7-10)14-3/h5-7,14H,2,4,8,13H2,1,3H3. The van der Waals surface area contributed by atoms with Gasteiger partial charge >= 0.3 is 0 Å². The van der Waals surface area contributed by atoms with E-state index in [-0.39, 0.29) is 0 Å². The lowest BCUT2D eigenvalue weighted by molar-refractivity contribution is 1.07. The molecule has 76 valence electrons. The predicted octanol–water partition coefficient (Wildman–Crippen LogP) is 2.61. The van der Waals surface area contributed by atoms with E-state index < -0.39 is 0 Å². The molecule has 0 aliphatic rings. The molecule has 0 unspecified atom stereocenters. The highest BCUT2D eigenvalue weighted by molar-refractivity contribution is 5.68. The van der Waals surface area contributed by atoms with Gasteiger partial charge in [-0.3, -0.25) is 0 Å². The number of allylic oxidation sites excluding steroid dienone is 1. The Morgan fingerprint density at radius 3 is 2.71 bits per heavy atom. The first kappa shape index (κ1) is 10.8. The topological polar surface area (TPSA) is 38.0 Å². The molecule has 0 aliphatic carbocycles. The quantitative estimate of drug-likeness (QED) is 0.766. The zero-order valence-electron chi connectivity index (χ0n) is 8.93. The van der Waals surface area contributed by atoms with E-state index in [0.29, 0.717) is 6.54 Å². The molecule has 1 aromatic rings. The first-order chi connectivity index (χ1) is 6.72. The molecule has 0 bridgehead atoms. The summed E-state index contributed by atoms with van der Waals surface area (Å²) in [5.41, 5.74) is 10.2. The van der Waals surface area contributed by atoms with Gasteiger partial charge in [-0.25, -0.2) is 0 Å². The fraction of sp³-hybridized carbons (Fsp3) is 0.333. The van der Waals surface area contributed by atoms with Crippen LogP contribution in [0.15, 0.2) is 24.8 Å². The molecule has 14 heavy (non-hydrogen) atoms. The molecule has 0 amide bonds. The Kier molecular flexibility index (Phi) is 3.72. The molecule has 0 aromatic heterocycles. The average Bonchev–Trinajstić information content (AvgIpc) is 2.26. The van der Waals surface area contributed by atoms with Crippen LogP contribution in [-0.4, -0.2) is 7.05 Å². The Morgan fingerprint density at radius 1 is 1.50 bits per heavy atom. The fourth-order valence-electron chi connectivity index (χ4n) is 1.41. The second-order valence-electron chi connectivity index (χ2n) is 3.28. The highest BCUT2D eigenvalue weighted by atomic mass is 14.8. The van der Waals surface area contributed by atoms with Crippen LogP contribution in [0, 0.1) is 0 Å². The van der Waals surface area contributed by atoms with Gasteiger partial charge in [-0.2, -0.15) is 0 Å². The molecule has 0 radical (unpaired) electrons. The van der Waals surface area contributed by atoms with E-state index in [4.69, 9.17) is 5.73 Å².